The Balaban J connectivity index is 2.06. The third kappa shape index (κ3) is 2.54. The number of aromatic nitrogens is 4. The van der Waals surface area contributed by atoms with Gasteiger partial charge in [-0.25, -0.2) is 0 Å². The second-order valence-electron chi connectivity index (χ2n) is 3.03. The van der Waals surface area contributed by atoms with Gasteiger partial charge in [-0.2, -0.15) is 4.98 Å². The fourth-order valence-electron chi connectivity index (χ4n) is 1.01. The minimum Gasteiger partial charge on any atom is -0.338 e. The molecule has 0 amide bonds. The number of rotatable bonds is 3. The zero-order chi connectivity index (χ0) is 10.8. The van der Waals surface area contributed by atoms with Crippen LogP contribution < -0.4 is 0 Å². The van der Waals surface area contributed by atoms with Crippen LogP contribution in [0.2, 0.25) is 0 Å². The number of hydrogen-bond acceptors (Lipinski definition) is 7. The maximum atomic E-state index is 5.08. The number of nitrogens with zero attached hydrogens (tertiary/aromatic N) is 4. The molecule has 2 aromatic heterocycles. The van der Waals surface area contributed by atoms with E-state index in [1.54, 1.807) is 30.0 Å². The predicted molar refractivity (Wildman–Crippen MR) is 58.0 cm³/mol. The summed E-state index contributed by atoms with van der Waals surface area (Å²) in [4.78, 5) is 4.17. The van der Waals surface area contributed by atoms with E-state index < -0.39 is 0 Å². The number of hydrogen-bond donors (Lipinski definition) is 0. The summed E-state index contributed by atoms with van der Waals surface area (Å²) in [5.41, 5.74) is 0. The van der Waals surface area contributed by atoms with Crippen molar-refractivity contribution in [1.82, 2.24) is 20.3 Å². The number of thioether (sulfide) groups is 1. The Labute approximate surface area is 95.3 Å². The van der Waals surface area contributed by atoms with Gasteiger partial charge in [0.05, 0.1) is 5.25 Å². The van der Waals surface area contributed by atoms with Crippen LogP contribution in [0.15, 0.2) is 8.86 Å². The maximum absolute atomic E-state index is 5.08. The monoisotopic (exact) mass is 242 g/mol. The van der Waals surface area contributed by atoms with Crippen LogP contribution in [0.4, 0.5) is 0 Å². The summed E-state index contributed by atoms with van der Waals surface area (Å²) in [6, 6.07) is 0. The molecule has 2 rings (SSSR count). The molecule has 0 aliphatic carbocycles. The van der Waals surface area contributed by atoms with Crippen molar-refractivity contribution >= 4 is 23.1 Å². The minimum absolute atomic E-state index is 0.110. The topological polar surface area (TPSA) is 64.7 Å². The predicted octanol–water partition coefficient (Wildman–Crippen LogP) is 2.39. The molecule has 0 aromatic carbocycles. The molecule has 0 aliphatic heterocycles. The van der Waals surface area contributed by atoms with Gasteiger partial charge in [0.1, 0.15) is 5.01 Å². The molecule has 0 saturated heterocycles. The largest absolute Gasteiger partial charge is 0.338 e. The highest BCUT2D eigenvalue weighted by atomic mass is 32.2. The van der Waals surface area contributed by atoms with E-state index in [1.807, 2.05) is 13.8 Å². The zero-order valence-corrected chi connectivity index (χ0v) is 10.2. The van der Waals surface area contributed by atoms with Crippen molar-refractivity contribution in [2.45, 2.75) is 30.4 Å². The molecule has 0 radical (unpaired) electrons. The molecule has 15 heavy (non-hydrogen) atoms. The van der Waals surface area contributed by atoms with Crippen molar-refractivity contribution < 1.29 is 4.52 Å². The molecule has 1 atom stereocenters. The highest BCUT2D eigenvalue weighted by Gasteiger charge is 2.16. The molecule has 2 heterocycles. The van der Waals surface area contributed by atoms with Gasteiger partial charge in [-0.1, -0.05) is 28.3 Å². The number of aryl methyl sites for hydroxylation is 2. The molecule has 5 nitrogen and oxygen atoms in total. The van der Waals surface area contributed by atoms with E-state index in [4.69, 9.17) is 4.52 Å². The van der Waals surface area contributed by atoms with E-state index in [0.29, 0.717) is 11.7 Å². The van der Waals surface area contributed by atoms with Gasteiger partial charge in [-0.05, 0) is 20.8 Å². The third-order valence-electron chi connectivity index (χ3n) is 1.68. The smallest absolute Gasteiger partial charge is 0.239 e. The Kier molecular flexibility index (Phi) is 3.01. The molecule has 7 heteroatoms. The second-order valence-corrected chi connectivity index (χ2v) is 5.80. The van der Waals surface area contributed by atoms with Gasteiger partial charge >= 0.3 is 0 Å². The first-order valence-corrected chi connectivity index (χ1v) is 6.11. The van der Waals surface area contributed by atoms with Gasteiger partial charge in [0.25, 0.3) is 0 Å². The third-order valence-corrected chi connectivity index (χ3v) is 3.69. The van der Waals surface area contributed by atoms with Crippen molar-refractivity contribution in [1.29, 1.82) is 0 Å². The standard InChI is InChI=1S/C8H10N4OS2/c1-4(7-9-5(2)12-13-7)14-8-11-10-6(3)15-8/h4H,1-3H3. The van der Waals surface area contributed by atoms with Crippen LogP contribution in [0.5, 0.6) is 0 Å². The molecule has 0 aliphatic rings. The lowest BCUT2D eigenvalue weighted by Gasteiger charge is -2.00. The van der Waals surface area contributed by atoms with Crippen molar-refractivity contribution in [3.8, 4) is 0 Å². The highest BCUT2D eigenvalue weighted by Crippen LogP contribution is 2.35. The average Bonchev–Trinajstić information content (AvgIpc) is 2.75. The van der Waals surface area contributed by atoms with Crippen LogP contribution in [-0.2, 0) is 0 Å². The average molecular weight is 242 g/mol. The highest BCUT2D eigenvalue weighted by molar-refractivity contribution is 8.01. The van der Waals surface area contributed by atoms with Crippen LogP contribution >= 0.6 is 23.1 Å². The lowest BCUT2D eigenvalue weighted by atomic mass is 10.5. The van der Waals surface area contributed by atoms with Crippen molar-refractivity contribution in [3.05, 3.63) is 16.7 Å². The Hall–Kier alpha value is -0.950. The molecule has 80 valence electrons. The van der Waals surface area contributed by atoms with Gasteiger partial charge < -0.3 is 4.52 Å². The molecule has 0 bridgehead atoms. The first kappa shape index (κ1) is 10.6. The Bertz CT molecular complexity index is 453. The van der Waals surface area contributed by atoms with E-state index in [0.717, 1.165) is 9.35 Å². The Morgan fingerprint density at radius 1 is 1.33 bits per heavy atom. The Morgan fingerprint density at radius 2 is 2.13 bits per heavy atom. The SMILES string of the molecule is Cc1noc(C(C)Sc2nnc(C)s2)n1. The van der Waals surface area contributed by atoms with Crippen LogP contribution in [0.25, 0.3) is 0 Å². The summed E-state index contributed by atoms with van der Waals surface area (Å²) < 4.78 is 6.01. The second kappa shape index (κ2) is 4.28. The lowest BCUT2D eigenvalue weighted by molar-refractivity contribution is 0.376. The molecular weight excluding hydrogens is 232 g/mol. The van der Waals surface area contributed by atoms with Gasteiger partial charge in [-0.3, -0.25) is 0 Å². The van der Waals surface area contributed by atoms with Gasteiger partial charge in [0, 0.05) is 0 Å². The summed E-state index contributed by atoms with van der Waals surface area (Å²) >= 11 is 3.15. The first-order chi connectivity index (χ1) is 7.15. The van der Waals surface area contributed by atoms with Gasteiger partial charge in [-0.15, -0.1) is 10.2 Å². The van der Waals surface area contributed by atoms with E-state index >= 15 is 0 Å². The van der Waals surface area contributed by atoms with E-state index in [9.17, 15) is 0 Å². The van der Waals surface area contributed by atoms with E-state index in [-0.39, 0.29) is 5.25 Å². The molecular formula is C8H10N4OS2. The minimum atomic E-state index is 0.110. The molecule has 1 unspecified atom stereocenters. The molecule has 0 fully saturated rings. The van der Waals surface area contributed by atoms with Crippen molar-refractivity contribution in [3.63, 3.8) is 0 Å². The maximum Gasteiger partial charge on any atom is 0.239 e. The molecule has 2 aromatic rings. The molecule has 0 saturated carbocycles. The van der Waals surface area contributed by atoms with Crippen LogP contribution in [0.1, 0.15) is 28.9 Å². The fourth-order valence-corrected chi connectivity index (χ4v) is 3.00. The first-order valence-electron chi connectivity index (χ1n) is 4.42. The summed E-state index contributed by atoms with van der Waals surface area (Å²) in [6.45, 7) is 5.75. The summed E-state index contributed by atoms with van der Waals surface area (Å²) in [7, 11) is 0. The lowest BCUT2D eigenvalue weighted by Crippen LogP contribution is -1.88. The van der Waals surface area contributed by atoms with E-state index in [1.165, 1.54) is 0 Å². The van der Waals surface area contributed by atoms with Crippen LogP contribution in [-0.4, -0.2) is 20.3 Å². The van der Waals surface area contributed by atoms with Crippen molar-refractivity contribution in [2.24, 2.45) is 0 Å². The summed E-state index contributed by atoms with van der Waals surface area (Å²) in [6.07, 6.45) is 0. The van der Waals surface area contributed by atoms with E-state index in [2.05, 4.69) is 20.3 Å². The normalized spacial score (nSPS) is 13.0. The van der Waals surface area contributed by atoms with Crippen LogP contribution in [0, 0.1) is 13.8 Å². The van der Waals surface area contributed by atoms with Gasteiger partial charge in [0.15, 0.2) is 10.2 Å². The quantitative estimate of drug-likeness (QED) is 0.770. The van der Waals surface area contributed by atoms with Gasteiger partial charge in [0.2, 0.25) is 5.89 Å². The fraction of sp³-hybridized carbons (Fsp3) is 0.500. The Morgan fingerprint density at radius 3 is 2.67 bits per heavy atom. The summed E-state index contributed by atoms with van der Waals surface area (Å²) in [5.74, 6) is 1.29. The van der Waals surface area contributed by atoms with Crippen molar-refractivity contribution in [2.75, 3.05) is 0 Å². The van der Waals surface area contributed by atoms with Crippen LogP contribution in [0.3, 0.4) is 0 Å². The summed E-state index contributed by atoms with van der Waals surface area (Å²) in [5, 5.41) is 12.8. The molecule has 0 spiro atoms. The zero-order valence-electron chi connectivity index (χ0n) is 8.59. The molecule has 0 N–H and O–H groups in total.